The third-order valence-corrected chi connectivity index (χ3v) is 5.81. The molecular formula is C25H22N2O2S. The molecule has 1 N–H and O–H groups in total. The Kier molecular flexibility index (Phi) is 6.00. The Morgan fingerprint density at radius 3 is 2.37 bits per heavy atom. The first kappa shape index (κ1) is 20.0. The third-order valence-electron chi connectivity index (χ3n) is 4.80. The summed E-state index contributed by atoms with van der Waals surface area (Å²) in [6.07, 6.45) is 2.60. The predicted octanol–water partition coefficient (Wildman–Crippen LogP) is 5.55. The fraction of sp³-hybridized carbons (Fsp3) is 0.120. The fourth-order valence-corrected chi connectivity index (χ4v) is 4.15. The Bertz CT molecular complexity index is 1090. The van der Waals surface area contributed by atoms with E-state index < -0.39 is 0 Å². The lowest BCUT2D eigenvalue weighted by Crippen LogP contribution is -2.31. The summed E-state index contributed by atoms with van der Waals surface area (Å²) >= 11 is 1.39. The second kappa shape index (κ2) is 9.01. The zero-order valence-electron chi connectivity index (χ0n) is 16.7. The van der Waals surface area contributed by atoms with E-state index in [2.05, 4.69) is 12.1 Å². The predicted molar refractivity (Wildman–Crippen MR) is 124 cm³/mol. The van der Waals surface area contributed by atoms with Crippen LogP contribution in [0.2, 0.25) is 0 Å². The Labute approximate surface area is 180 Å². The maximum atomic E-state index is 13.2. The number of hydrogen-bond donors (Lipinski definition) is 1. The third kappa shape index (κ3) is 4.81. The number of aromatic hydroxyl groups is 1. The van der Waals surface area contributed by atoms with E-state index in [1.165, 1.54) is 22.9 Å². The number of aliphatic imine (C=N–C) groups is 1. The lowest BCUT2D eigenvalue weighted by molar-refractivity contribution is -0.122. The number of phenols is 1. The maximum absolute atomic E-state index is 13.2. The highest BCUT2D eigenvalue weighted by Gasteiger charge is 2.33. The van der Waals surface area contributed by atoms with Crippen molar-refractivity contribution in [2.75, 3.05) is 6.54 Å². The smallest absolute Gasteiger partial charge is 0.266 e. The lowest BCUT2D eigenvalue weighted by Gasteiger charge is -2.15. The molecule has 5 heteroatoms. The van der Waals surface area contributed by atoms with Gasteiger partial charge in [0.05, 0.1) is 10.6 Å². The van der Waals surface area contributed by atoms with Crippen LogP contribution >= 0.6 is 11.8 Å². The van der Waals surface area contributed by atoms with Gasteiger partial charge in [-0.2, -0.15) is 0 Å². The number of rotatable bonds is 5. The van der Waals surface area contributed by atoms with Crippen LogP contribution in [0.15, 0.2) is 88.8 Å². The van der Waals surface area contributed by atoms with Gasteiger partial charge in [0.2, 0.25) is 0 Å². The number of carbonyl (C=O) groups excluding carboxylic acids is 1. The van der Waals surface area contributed by atoms with Crippen LogP contribution in [0.25, 0.3) is 6.08 Å². The molecule has 150 valence electrons. The zero-order chi connectivity index (χ0) is 20.9. The number of carbonyl (C=O) groups is 1. The number of aryl methyl sites for hydroxylation is 1. The highest BCUT2D eigenvalue weighted by atomic mass is 32.2. The number of amides is 1. The largest absolute Gasteiger partial charge is 0.508 e. The Morgan fingerprint density at radius 2 is 1.67 bits per heavy atom. The summed E-state index contributed by atoms with van der Waals surface area (Å²) in [5.41, 5.74) is 4.04. The molecule has 1 amide bonds. The molecule has 4 rings (SSSR count). The lowest BCUT2D eigenvalue weighted by atomic mass is 10.1. The number of thioether (sulfide) groups is 1. The van der Waals surface area contributed by atoms with Crippen LogP contribution in [0.1, 0.15) is 16.7 Å². The van der Waals surface area contributed by atoms with Crippen LogP contribution in [0.3, 0.4) is 0 Å². The van der Waals surface area contributed by atoms with Crippen molar-refractivity contribution in [3.05, 3.63) is 100 Å². The summed E-state index contributed by atoms with van der Waals surface area (Å²) in [7, 11) is 0. The van der Waals surface area contributed by atoms with Gasteiger partial charge in [-0.05, 0) is 66.6 Å². The highest BCUT2D eigenvalue weighted by Crippen LogP contribution is 2.34. The molecule has 0 bridgehead atoms. The maximum Gasteiger partial charge on any atom is 0.266 e. The molecular weight excluding hydrogens is 392 g/mol. The topological polar surface area (TPSA) is 52.9 Å². The summed E-state index contributed by atoms with van der Waals surface area (Å²) in [4.78, 5) is 20.3. The summed E-state index contributed by atoms with van der Waals surface area (Å²) in [5.74, 6) is 0.156. The Hall–Kier alpha value is -3.31. The minimum absolute atomic E-state index is 0.0464. The van der Waals surface area contributed by atoms with Crippen LogP contribution < -0.4 is 0 Å². The molecule has 0 radical (unpaired) electrons. The second-order valence-corrected chi connectivity index (χ2v) is 8.13. The Morgan fingerprint density at radius 1 is 0.967 bits per heavy atom. The van der Waals surface area contributed by atoms with Gasteiger partial charge in [0.1, 0.15) is 5.75 Å². The van der Waals surface area contributed by atoms with E-state index in [9.17, 15) is 9.90 Å². The molecule has 3 aromatic rings. The molecule has 1 aliphatic rings. The minimum Gasteiger partial charge on any atom is -0.508 e. The number of nitrogens with zero attached hydrogens (tertiary/aromatic N) is 2. The molecule has 0 saturated carbocycles. The monoisotopic (exact) mass is 414 g/mol. The summed E-state index contributed by atoms with van der Waals surface area (Å²) in [6.45, 7) is 2.60. The van der Waals surface area contributed by atoms with Gasteiger partial charge >= 0.3 is 0 Å². The van der Waals surface area contributed by atoms with Crippen LogP contribution in [0.5, 0.6) is 5.75 Å². The van der Waals surface area contributed by atoms with Gasteiger partial charge in [0.25, 0.3) is 5.91 Å². The van der Waals surface area contributed by atoms with Crippen molar-refractivity contribution in [2.24, 2.45) is 4.99 Å². The molecule has 4 nitrogen and oxygen atoms in total. The fourth-order valence-electron chi connectivity index (χ4n) is 3.13. The molecule has 1 aliphatic heterocycles. The number of hydrogen-bond acceptors (Lipinski definition) is 4. The number of benzene rings is 3. The average molecular weight is 415 g/mol. The molecule has 0 aromatic heterocycles. The first-order valence-corrected chi connectivity index (χ1v) is 10.6. The molecule has 1 heterocycles. The SMILES string of the molecule is Cc1ccc(N=C2SC(=Cc3ccc(O)cc3)C(=O)N2CCc2ccccc2)cc1. The van der Waals surface area contributed by atoms with Gasteiger partial charge < -0.3 is 5.11 Å². The van der Waals surface area contributed by atoms with Gasteiger partial charge in [0, 0.05) is 6.54 Å². The van der Waals surface area contributed by atoms with Crippen LogP contribution in [0.4, 0.5) is 5.69 Å². The van der Waals surface area contributed by atoms with Gasteiger partial charge in [-0.3, -0.25) is 9.69 Å². The van der Waals surface area contributed by atoms with Gasteiger partial charge in [0.15, 0.2) is 5.17 Å². The molecule has 1 fully saturated rings. The molecule has 0 atom stereocenters. The van der Waals surface area contributed by atoms with Gasteiger partial charge in [-0.1, -0.05) is 60.2 Å². The quantitative estimate of drug-likeness (QED) is 0.557. The zero-order valence-corrected chi connectivity index (χ0v) is 17.5. The van der Waals surface area contributed by atoms with E-state index in [1.54, 1.807) is 29.2 Å². The van der Waals surface area contributed by atoms with Crippen LogP contribution in [-0.4, -0.2) is 27.6 Å². The molecule has 0 aliphatic carbocycles. The van der Waals surface area contributed by atoms with Crippen molar-refractivity contribution < 1.29 is 9.90 Å². The second-order valence-electron chi connectivity index (χ2n) is 7.12. The molecule has 1 saturated heterocycles. The highest BCUT2D eigenvalue weighted by molar-refractivity contribution is 8.18. The number of amidine groups is 1. The van der Waals surface area contributed by atoms with E-state index in [0.717, 1.165) is 17.7 Å². The van der Waals surface area contributed by atoms with Crippen molar-refractivity contribution in [3.63, 3.8) is 0 Å². The van der Waals surface area contributed by atoms with E-state index in [1.807, 2.05) is 55.5 Å². The standard InChI is InChI=1S/C25H22N2O2S/c1-18-7-11-21(12-8-18)26-25-27(16-15-19-5-3-2-4-6-19)24(29)23(30-25)17-20-9-13-22(28)14-10-20/h2-14,17,28H,15-16H2,1H3. The number of phenolic OH excluding ortho intramolecular Hbond substituents is 1. The summed E-state index contributed by atoms with van der Waals surface area (Å²) in [6, 6.07) is 24.9. The minimum atomic E-state index is -0.0464. The van der Waals surface area contributed by atoms with Gasteiger partial charge in [-0.15, -0.1) is 0 Å². The summed E-state index contributed by atoms with van der Waals surface area (Å²) in [5, 5.41) is 10.2. The average Bonchev–Trinajstić information content (AvgIpc) is 3.04. The summed E-state index contributed by atoms with van der Waals surface area (Å²) < 4.78 is 0. The van der Waals surface area contributed by atoms with E-state index in [4.69, 9.17) is 4.99 Å². The first-order valence-electron chi connectivity index (χ1n) is 9.78. The molecule has 30 heavy (non-hydrogen) atoms. The van der Waals surface area contributed by atoms with Crippen molar-refractivity contribution in [3.8, 4) is 5.75 Å². The van der Waals surface area contributed by atoms with Crippen molar-refractivity contribution in [1.29, 1.82) is 0 Å². The van der Waals surface area contributed by atoms with E-state index in [-0.39, 0.29) is 11.7 Å². The van der Waals surface area contributed by atoms with Crippen molar-refractivity contribution in [2.45, 2.75) is 13.3 Å². The van der Waals surface area contributed by atoms with Crippen molar-refractivity contribution >= 4 is 34.6 Å². The molecule has 0 unspecified atom stereocenters. The Balaban J connectivity index is 1.63. The normalized spacial score (nSPS) is 16.6. The van der Waals surface area contributed by atoms with E-state index >= 15 is 0 Å². The molecule has 0 spiro atoms. The van der Waals surface area contributed by atoms with Crippen molar-refractivity contribution in [1.82, 2.24) is 4.90 Å². The molecule has 3 aromatic carbocycles. The first-order chi connectivity index (χ1) is 14.6. The van der Waals surface area contributed by atoms with Crippen LogP contribution in [-0.2, 0) is 11.2 Å². The van der Waals surface area contributed by atoms with Crippen LogP contribution in [0, 0.1) is 6.92 Å². The van der Waals surface area contributed by atoms with Gasteiger partial charge in [-0.25, -0.2) is 4.99 Å². The van der Waals surface area contributed by atoms with E-state index in [0.29, 0.717) is 16.6 Å².